The van der Waals surface area contributed by atoms with Gasteiger partial charge < -0.3 is 14.7 Å². The third-order valence-corrected chi connectivity index (χ3v) is 5.91. The van der Waals surface area contributed by atoms with Gasteiger partial charge in [-0.3, -0.25) is 14.2 Å². The first-order valence-electron chi connectivity index (χ1n) is 11.8. The smallest absolute Gasteiger partial charge is 0.348 e. The van der Waals surface area contributed by atoms with E-state index in [1.54, 1.807) is 6.92 Å². The number of rotatable bonds is 8. The van der Waals surface area contributed by atoms with Crippen molar-refractivity contribution in [3.63, 3.8) is 0 Å². The Labute approximate surface area is 200 Å². The van der Waals surface area contributed by atoms with Gasteiger partial charge in [0.15, 0.2) is 5.69 Å². The van der Waals surface area contributed by atoms with Gasteiger partial charge in [0, 0.05) is 13.1 Å². The summed E-state index contributed by atoms with van der Waals surface area (Å²) in [5.74, 6) is -1.56. The summed E-state index contributed by atoms with van der Waals surface area (Å²) in [5.41, 5.74) is -1.43. The van der Waals surface area contributed by atoms with E-state index in [1.165, 1.54) is 49.9 Å². The summed E-state index contributed by atoms with van der Waals surface area (Å²) in [6, 6.07) is 5.07. The first-order chi connectivity index (χ1) is 17.0. The van der Waals surface area contributed by atoms with E-state index >= 15 is 0 Å². The number of hydrogen-bond acceptors (Lipinski definition) is 8. The Hall–Kier alpha value is -3.67. The highest BCUT2D eigenvalue weighted by molar-refractivity contribution is 5.89. The van der Waals surface area contributed by atoms with Crippen LogP contribution in [0.15, 0.2) is 38.4 Å². The van der Waals surface area contributed by atoms with Crippen LogP contribution < -0.4 is 16.6 Å². The molecule has 3 aromatic rings. The Bertz CT molecular complexity index is 1270. The zero-order chi connectivity index (χ0) is 24.8. The summed E-state index contributed by atoms with van der Waals surface area (Å²) >= 11 is 0. The molecule has 0 saturated carbocycles. The van der Waals surface area contributed by atoms with Crippen LogP contribution >= 0.6 is 0 Å². The minimum atomic E-state index is -0.721. The highest BCUT2D eigenvalue weighted by atomic mass is 19.1. The van der Waals surface area contributed by atoms with Crippen LogP contribution in [-0.4, -0.2) is 61.5 Å². The fourth-order valence-electron chi connectivity index (χ4n) is 4.04. The summed E-state index contributed by atoms with van der Waals surface area (Å²) < 4.78 is 20.3. The zero-order valence-electron chi connectivity index (χ0n) is 19.6. The van der Waals surface area contributed by atoms with Gasteiger partial charge in [0.2, 0.25) is 5.82 Å². The molecular formula is C23H28FN7O4. The minimum Gasteiger partial charge on any atom is -0.348 e. The fraction of sp³-hybridized carbons (Fsp3) is 0.478. The largest absolute Gasteiger partial charge is 0.352 e. The van der Waals surface area contributed by atoms with E-state index in [-0.39, 0.29) is 29.6 Å². The van der Waals surface area contributed by atoms with Crippen molar-refractivity contribution < 1.29 is 13.7 Å². The maximum absolute atomic E-state index is 13.3. The van der Waals surface area contributed by atoms with Crippen LogP contribution in [0.25, 0.3) is 17.2 Å². The number of carbonyl (C=O) groups excluding carboxylic acids is 1. The number of likely N-dealkylation sites (tertiary alicyclic amines) is 1. The van der Waals surface area contributed by atoms with Gasteiger partial charge in [0.05, 0.1) is 5.69 Å². The SMILES string of the molecule is CCn1c(=O)c(-c2noc(C(=O)NCCCN3CCCCCC3)n2)nn(-c2ccc(F)cc2)c1=O. The summed E-state index contributed by atoms with van der Waals surface area (Å²) in [6.45, 7) is 5.22. The number of carbonyl (C=O) groups is 1. The van der Waals surface area contributed by atoms with E-state index in [2.05, 4.69) is 25.5 Å². The molecule has 0 spiro atoms. The molecule has 0 aliphatic carbocycles. The lowest BCUT2D eigenvalue weighted by molar-refractivity contribution is 0.0908. The second-order valence-electron chi connectivity index (χ2n) is 8.36. The van der Waals surface area contributed by atoms with Crippen molar-refractivity contribution in [2.45, 2.75) is 45.6 Å². The van der Waals surface area contributed by atoms with E-state index < -0.39 is 23.0 Å². The molecule has 1 fully saturated rings. The molecule has 12 heteroatoms. The molecule has 1 saturated heterocycles. The number of amides is 1. The Morgan fingerprint density at radius 1 is 1.11 bits per heavy atom. The van der Waals surface area contributed by atoms with E-state index in [4.69, 9.17) is 4.52 Å². The van der Waals surface area contributed by atoms with Crippen molar-refractivity contribution in [2.75, 3.05) is 26.2 Å². The Balaban J connectivity index is 1.48. The number of nitrogens with zero attached hydrogens (tertiary/aromatic N) is 6. The molecule has 0 unspecified atom stereocenters. The van der Waals surface area contributed by atoms with Crippen molar-refractivity contribution >= 4 is 5.91 Å². The maximum Gasteiger partial charge on any atom is 0.352 e. The Kier molecular flexibility index (Phi) is 7.80. The second-order valence-corrected chi connectivity index (χ2v) is 8.36. The van der Waals surface area contributed by atoms with Gasteiger partial charge in [0.1, 0.15) is 5.82 Å². The van der Waals surface area contributed by atoms with Crippen LogP contribution in [0.5, 0.6) is 0 Å². The molecule has 35 heavy (non-hydrogen) atoms. The minimum absolute atomic E-state index is 0.0661. The predicted octanol–water partition coefficient (Wildman–Crippen LogP) is 1.60. The number of halogens is 1. The molecule has 1 aromatic carbocycles. The standard InChI is InChI=1S/C23H28FN7O4/c1-2-30-22(33)18(27-31(23(30)34)17-10-8-16(24)9-11-17)19-26-21(35-28-19)20(32)25-12-7-15-29-13-5-3-4-6-14-29/h8-11H,2-7,12-15H2,1H3,(H,25,32). The second kappa shape index (κ2) is 11.2. The summed E-state index contributed by atoms with van der Waals surface area (Å²) in [7, 11) is 0. The van der Waals surface area contributed by atoms with Crippen LogP contribution in [0.4, 0.5) is 4.39 Å². The van der Waals surface area contributed by atoms with Gasteiger partial charge in [-0.2, -0.15) is 14.8 Å². The molecule has 0 radical (unpaired) electrons. The number of hydrogen-bond donors (Lipinski definition) is 1. The van der Waals surface area contributed by atoms with Gasteiger partial charge in [-0.15, -0.1) is 0 Å². The molecule has 2 aromatic heterocycles. The van der Waals surface area contributed by atoms with E-state index in [1.807, 2.05) is 0 Å². The number of nitrogens with one attached hydrogen (secondary N) is 1. The van der Waals surface area contributed by atoms with Crippen LogP contribution in [0, 0.1) is 5.82 Å². The Morgan fingerprint density at radius 3 is 2.51 bits per heavy atom. The number of benzene rings is 1. The normalized spacial score (nSPS) is 14.6. The first-order valence-corrected chi connectivity index (χ1v) is 11.8. The van der Waals surface area contributed by atoms with Gasteiger partial charge in [-0.05, 0) is 70.1 Å². The molecule has 1 aliphatic rings. The van der Waals surface area contributed by atoms with Gasteiger partial charge >= 0.3 is 17.5 Å². The Morgan fingerprint density at radius 2 is 1.83 bits per heavy atom. The third kappa shape index (κ3) is 5.70. The highest BCUT2D eigenvalue weighted by Crippen LogP contribution is 2.11. The van der Waals surface area contributed by atoms with Gasteiger partial charge in [0.25, 0.3) is 5.56 Å². The topological polar surface area (TPSA) is 128 Å². The summed E-state index contributed by atoms with van der Waals surface area (Å²) in [6.07, 6.45) is 5.75. The van der Waals surface area contributed by atoms with Crippen molar-refractivity contribution in [3.05, 3.63) is 56.8 Å². The lowest BCUT2D eigenvalue weighted by Crippen LogP contribution is -2.41. The van der Waals surface area contributed by atoms with Crippen molar-refractivity contribution in [3.8, 4) is 17.2 Å². The van der Waals surface area contributed by atoms with E-state index in [0.717, 1.165) is 35.3 Å². The molecule has 1 N–H and O–H groups in total. The van der Waals surface area contributed by atoms with Crippen molar-refractivity contribution in [1.82, 2.24) is 34.7 Å². The molecule has 0 bridgehead atoms. The summed E-state index contributed by atoms with van der Waals surface area (Å²) in [4.78, 5) is 44.4. The fourth-order valence-corrected chi connectivity index (χ4v) is 4.04. The molecule has 4 rings (SSSR count). The first kappa shape index (κ1) is 24.5. The van der Waals surface area contributed by atoms with Crippen LogP contribution in [0.1, 0.15) is 49.7 Å². The van der Waals surface area contributed by atoms with E-state index in [9.17, 15) is 18.8 Å². The molecular weight excluding hydrogens is 457 g/mol. The van der Waals surface area contributed by atoms with Gasteiger partial charge in [-0.25, -0.2) is 9.18 Å². The predicted molar refractivity (Wildman–Crippen MR) is 125 cm³/mol. The molecule has 3 heterocycles. The van der Waals surface area contributed by atoms with E-state index in [0.29, 0.717) is 6.54 Å². The van der Waals surface area contributed by atoms with Crippen molar-refractivity contribution in [2.24, 2.45) is 0 Å². The number of aromatic nitrogens is 5. The molecule has 1 amide bonds. The summed E-state index contributed by atoms with van der Waals surface area (Å²) in [5, 5.41) is 10.6. The van der Waals surface area contributed by atoms with Gasteiger partial charge in [-0.1, -0.05) is 18.0 Å². The molecule has 186 valence electrons. The molecule has 1 aliphatic heterocycles. The average Bonchev–Trinajstić information content (AvgIpc) is 3.20. The quantitative estimate of drug-likeness (QED) is 0.477. The molecule has 11 nitrogen and oxygen atoms in total. The maximum atomic E-state index is 13.3. The average molecular weight is 486 g/mol. The monoisotopic (exact) mass is 485 g/mol. The zero-order valence-corrected chi connectivity index (χ0v) is 19.6. The van der Waals surface area contributed by atoms with Crippen LogP contribution in [0.3, 0.4) is 0 Å². The molecule has 0 atom stereocenters. The lowest BCUT2D eigenvalue weighted by atomic mass is 10.2. The van der Waals surface area contributed by atoms with Crippen LogP contribution in [-0.2, 0) is 6.54 Å². The highest BCUT2D eigenvalue weighted by Gasteiger charge is 2.22. The third-order valence-electron chi connectivity index (χ3n) is 5.91. The van der Waals surface area contributed by atoms with Crippen molar-refractivity contribution in [1.29, 1.82) is 0 Å². The lowest BCUT2D eigenvalue weighted by Gasteiger charge is -2.19. The van der Waals surface area contributed by atoms with Crippen LogP contribution in [0.2, 0.25) is 0 Å².